The van der Waals surface area contributed by atoms with Gasteiger partial charge in [-0.1, -0.05) is 12.1 Å². The SMILES string of the molecule is COc1cccc2c1C(=O)c1cc(=O)[nH]c(C)c1C2=O. The molecule has 0 spiro atoms. The van der Waals surface area contributed by atoms with Crippen LogP contribution in [0.4, 0.5) is 0 Å². The molecule has 0 saturated carbocycles. The van der Waals surface area contributed by atoms with Crippen molar-refractivity contribution in [2.24, 2.45) is 0 Å². The Balaban J connectivity index is 2.40. The summed E-state index contributed by atoms with van der Waals surface area (Å²) in [4.78, 5) is 39.2. The molecule has 1 aliphatic rings. The number of hydrogen-bond donors (Lipinski definition) is 1. The summed E-state index contributed by atoms with van der Waals surface area (Å²) in [5.74, 6) is -0.298. The number of methoxy groups -OCH3 is 1. The first-order valence-corrected chi connectivity index (χ1v) is 6.05. The van der Waals surface area contributed by atoms with Crippen LogP contribution in [0.25, 0.3) is 0 Å². The van der Waals surface area contributed by atoms with E-state index in [1.165, 1.54) is 7.11 Å². The summed E-state index contributed by atoms with van der Waals surface area (Å²) in [6, 6.07) is 6.04. The van der Waals surface area contributed by atoms with E-state index in [0.29, 0.717) is 17.0 Å². The van der Waals surface area contributed by atoms with Gasteiger partial charge in [-0.3, -0.25) is 14.4 Å². The maximum Gasteiger partial charge on any atom is 0.248 e. The Hall–Kier alpha value is -2.69. The zero-order valence-corrected chi connectivity index (χ0v) is 10.9. The molecule has 0 radical (unpaired) electrons. The first-order valence-electron chi connectivity index (χ1n) is 6.05. The van der Waals surface area contributed by atoms with Crippen LogP contribution in [0, 0.1) is 6.92 Å². The van der Waals surface area contributed by atoms with E-state index < -0.39 is 5.56 Å². The molecule has 0 amide bonds. The predicted octanol–water partition coefficient (Wildman–Crippen LogP) is 1.47. The second-order valence-electron chi connectivity index (χ2n) is 4.59. The molecule has 5 nitrogen and oxygen atoms in total. The number of pyridine rings is 1. The van der Waals surface area contributed by atoms with Gasteiger partial charge < -0.3 is 9.72 Å². The summed E-state index contributed by atoms with van der Waals surface area (Å²) in [7, 11) is 1.44. The highest BCUT2D eigenvalue weighted by atomic mass is 16.5. The lowest BCUT2D eigenvalue weighted by atomic mass is 9.83. The average Bonchev–Trinajstić information content (AvgIpc) is 2.43. The number of rotatable bonds is 1. The van der Waals surface area contributed by atoms with Crippen LogP contribution in [-0.4, -0.2) is 23.7 Å². The largest absolute Gasteiger partial charge is 0.496 e. The lowest BCUT2D eigenvalue weighted by molar-refractivity contribution is 0.0975. The minimum absolute atomic E-state index is 0.133. The van der Waals surface area contributed by atoms with Crippen LogP contribution < -0.4 is 10.3 Å². The molecule has 20 heavy (non-hydrogen) atoms. The normalized spacial score (nSPS) is 12.9. The quantitative estimate of drug-likeness (QED) is 0.725. The highest BCUT2D eigenvalue weighted by Crippen LogP contribution is 2.33. The summed E-state index contributed by atoms with van der Waals surface area (Å²) >= 11 is 0. The summed E-state index contributed by atoms with van der Waals surface area (Å²) in [6.45, 7) is 1.61. The third-order valence-electron chi connectivity index (χ3n) is 3.42. The number of fused-ring (bicyclic) bond motifs is 2. The standard InChI is InChI=1S/C15H11NO4/c1-7-12-9(6-11(17)16-7)15(19)13-8(14(12)18)4-3-5-10(13)20-2/h3-6H,1-2H3,(H,16,17). The van der Waals surface area contributed by atoms with Gasteiger partial charge in [0.25, 0.3) is 0 Å². The molecule has 1 heterocycles. The monoisotopic (exact) mass is 269 g/mol. The second-order valence-corrected chi connectivity index (χ2v) is 4.59. The number of H-pyrrole nitrogens is 1. The fourth-order valence-electron chi connectivity index (χ4n) is 2.55. The molecule has 2 aromatic rings. The van der Waals surface area contributed by atoms with Crippen molar-refractivity contribution in [1.29, 1.82) is 0 Å². The third kappa shape index (κ3) is 1.53. The number of nitrogens with one attached hydrogen (secondary N) is 1. The molecule has 0 atom stereocenters. The molecule has 0 saturated heterocycles. The van der Waals surface area contributed by atoms with Crippen molar-refractivity contribution in [2.75, 3.05) is 7.11 Å². The van der Waals surface area contributed by atoms with Crippen molar-refractivity contribution in [3.8, 4) is 5.75 Å². The molecule has 0 aliphatic heterocycles. The number of aromatic nitrogens is 1. The fraction of sp³-hybridized carbons (Fsp3) is 0.133. The highest BCUT2D eigenvalue weighted by molar-refractivity contribution is 6.29. The Morgan fingerprint density at radius 1 is 1.00 bits per heavy atom. The van der Waals surface area contributed by atoms with Gasteiger partial charge in [-0.05, 0) is 13.0 Å². The van der Waals surface area contributed by atoms with Gasteiger partial charge in [0.15, 0.2) is 11.6 Å². The van der Waals surface area contributed by atoms with Crippen LogP contribution in [0.2, 0.25) is 0 Å². The molecule has 0 bridgehead atoms. The first kappa shape index (κ1) is 12.3. The van der Waals surface area contributed by atoms with Crippen molar-refractivity contribution in [1.82, 2.24) is 4.98 Å². The van der Waals surface area contributed by atoms with E-state index in [0.717, 1.165) is 6.07 Å². The number of benzene rings is 1. The summed E-state index contributed by atoms with van der Waals surface area (Å²) in [6.07, 6.45) is 0. The van der Waals surface area contributed by atoms with Crippen molar-refractivity contribution in [3.05, 3.63) is 62.6 Å². The van der Waals surface area contributed by atoms with Crippen molar-refractivity contribution in [3.63, 3.8) is 0 Å². The number of hydrogen-bond acceptors (Lipinski definition) is 4. The topological polar surface area (TPSA) is 76.2 Å². The molecular weight excluding hydrogens is 258 g/mol. The Bertz CT molecular complexity index is 817. The van der Waals surface area contributed by atoms with E-state index in [-0.39, 0.29) is 28.3 Å². The molecule has 100 valence electrons. The van der Waals surface area contributed by atoms with Gasteiger partial charge in [-0.15, -0.1) is 0 Å². The van der Waals surface area contributed by atoms with Gasteiger partial charge in [-0.2, -0.15) is 0 Å². The molecule has 5 heteroatoms. The van der Waals surface area contributed by atoms with Crippen LogP contribution in [0.1, 0.15) is 37.5 Å². The smallest absolute Gasteiger partial charge is 0.248 e. The fourth-order valence-corrected chi connectivity index (χ4v) is 2.55. The number of carbonyl (C=O) groups is 2. The number of ether oxygens (including phenoxy) is 1. The summed E-state index contributed by atoms with van der Waals surface area (Å²) in [5.41, 5.74) is 0.915. The van der Waals surface area contributed by atoms with E-state index in [1.807, 2.05) is 0 Å². The van der Waals surface area contributed by atoms with Crippen molar-refractivity contribution in [2.45, 2.75) is 6.92 Å². The zero-order chi connectivity index (χ0) is 14.4. The molecule has 3 rings (SSSR count). The van der Waals surface area contributed by atoms with Crippen LogP contribution in [0.3, 0.4) is 0 Å². The lowest BCUT2D eigenvalue weighted by Gasteiger charge is -2.20. The molecule has 0 fully saturated rings. The minimum Gasteiger partial charge on any atom is -0.496 e. The van der Waals surface area contributed by atoms with Crippen LogP contribution in [0.5, 0.6) is 5.75 Å². The molecule has 1 aliphatic carbocycles. The predicted molar refractivity (Wildman–Crippen MR) is 71.7 cm³/mol. The van der Waals surface area contributed by atoms with Crippen LogP contribution >= 0.6 is 0 Å². The molecule has 1 aromatic carbocycles. The van der Waals surface area contributed by atoms with Gasteiger partial charge in [-0.25, -0.2) is 0 Å². The van der Waals surface area contributed by atoms with E-state index in [4.69, 9.17) is 4.74 Å². The van der Waals surface area contributed by atoms with E-state index >= 15 is 0 Å². The number of carbonyl (C=O) groups excluding carboxylic acids is 2. The third-order valence-corrected chi connectivity index (χ3v) is 3.42. The van der Waals surface area contributed by atoms with E-state index in [9.17, 15) is 14.4 Å². The summed E-state index contributed by atoms with van der Waals surface area (Å²) in [5, 5.41) is 0. The van der Waals surface area contributed by atoms with Gasteiger partial charge in [0.2, 0.25) is 5.56 Å². The van der Waals surface area contributed by atoms with Gasteiger partial charge in [0.05, 0.1) is 18.2 Å². The lowest BCUT2D eigenvalue weighted by Crippen LogP contribution is -2.26. The Morgan fingerprint density at radius 2 is 1.70 bits per heavy atom. The van der Waals surface area contributed by atoms with Crippen LogP contribution in [0.15, 0.2) is 29.1 Å². The molecule has 0 unspecified atom stereocenters. The first-order chi connectivity index (χ1) is 9.54. The minimum atomic E-state index is -0.402. The summed E-state index contributed by atoms with van der Waals surface area (Å²) < 4.78 is 5.15. The maximum atomic E-state index is 12.6. The maximum absolute atomic E-state index is 12.6. The second kappa shape index (κ2) is 4.16. The van der Waals surface area contributed by atoms with Crippen molar-refractivity contribution < 1.29 is 14.3 Å². The molecular formula is C15H11NO4. The van der Waals surface area contributed by atoms with Crippen LogP contribution in [-0.2, 0) is 0 Å². The van der Waals surface area contributed by atoms with E-state index in [1.54, 1.807) is 25.1 Å². The van der Waals surface area contributed by atoms with Gasteiger partial charge >= 0.3 is 0 Å². The van der Waals surface area contributed by atoms with E-state index in [2.05, 4.69) is 4.98 Å². The number of aromatic amines is 1. The Labute approximate surface area is 114 Å². The zero-order valence-electron chi connectivity index (χ0n) is 10.9. The molecule has 1 N–H and O–H groups in total. The number of aryl methyl sites for hydroxylation is 1. The average molecular weight is 269 g/mol. The Kier molecular flexibility index (Phi) is 2.57. The highest BCUT2D eigenvalue weighted by Gasteiger charge is 2.33. The van der Waals surface area contributed by atoms with Crippen molar-refractivity contribution >= 4 is 11.6 Å². The van der Waals surface area contributed by atoms with Gasteiger partial charge in [0, 0.05) is 22.9 Å². The van der Waals surface area contributed by atoms with Gasteiger partial charge in [0.1, 0.15) is 5.75 Å². The molecule has 1 aromatic heterocycles. The number of ketones is 2. The Morgan fingerprint density at radius 3 is 2.40 bits per heavy atom.